The molecule has 7 aromatic rings. The van der Waals surface area contributed by atoms with Crippen LogP contribution in [0.2, 0.25) is 0 Å². The Hall–Kier alpha value is -5.02. The van der Waals surface area contributed by atoms with E-state index in [-0.39, 0.29) is 0 Å². The SMILES string of the molecule is Brc1ccc2c(c1)C1(c3cc(Br)ccc3C2)c2cc(-c3ccccc3)ccc2-c2ccc(-c3ccccc3)cc21.CC1=CCC(C)C=C1.Cc1ccccc1. The topological polar surface area (TPSA) is 0 Å². The second kappa shape index (κ2) is 16.0. The Morgan fingerprint density at radius 1 is 0.491 bits per heavy atom. The first-order chi connectivity index (χ1) is 26.8. The van der Waals surface area contributed by atoms with Gasteiger partial charge in [-0.3, -0.25) is 0 Å². The van der Waals surface area contributed by atoms with Crippen LogP contribution in [0.5, 0.6) is 0 Å². The molecule has 10 rings (SSSR count). The predicted octanol–water partition coefficient (Wildman–Crippen LogP) is 15.3. The van der Waals surface area contributed by atoms with Crippen LogP contribution in [-0.2, 0) is 11.8 Å². The third-order valence-electron chi connectivity index (χ3n) is 11.1. The molecule has 0 N–H and O–H groups in total. The zero-order valence-electron chi connectivity index (χ0n) is 31.6. The number of fused-ring (bicyclic) bond motifs is 9. The third kappa shape index (κ3) is 7.39. The highest BCUT2D eigenvalue weighted by Crippen LogP contribution is 2.60. The van der Waals surface area contributed by atoms with Crippen LogP contribution in [0.4, 0.5) is 0 Å². The maximum absolute atomic E-state index is 3.85. The number of allylic oxidation sites excluding steroid dienone is 4. The van der Waals surface area contributed by atoms with Gasteiger partial charge in [-0.25, -0.2) is 0 Å². The fourth-order valence-electron chi connectivity index (χ4n) is 8.35. The molecule has 1 atom stereocenters. The van der Waals surface area contributed by atoms with Crippen LogP contribution in [0.3, 0.4) is 0 Å². The van der Waals surface area contributed by atoms with E-state index in [1.54, 1.807) is 0 Å². The summed E-state index contributed by atoms with van der Waals surface area (Å²) in [6, 6.07) is 59.7. The molecular weight excluding hydrogens is 796 g/mol. The number of benzene rings is 7. The third-order valence-corrected chi connectivity index (χ3v) is 12.1. The van der Waals surface area contributed by atoms with E-state index in [0.29, 0.717) is 0 Å². The summed E-state index contributed by atoms with van der Waals surface area (Å²) < 4.78 is 2.22. The lowest BCUT2D eigenvalue weighted by molar-refractivity contribution is 0.721. The van der Waals surface area contributed by atoms with Gasteiger partial charge in [-0.2, -0.15) is 0 Å². The quantitative estimate of drug-likeness (QED) is 0.163. The van der Waals surface area contributed by atoms with Crippen molar-refractivity contribution in [2.24, 2.45) is 5.92 Å². The highest BCUT2D eigenvalue weighted by Gasteiger charge is 2.50. The van der Waals surface area contributed by atoms with Gasteiger partial charge in [-0.1, -0.05) is 196 Å². The van der Waals surface area contributed by atoms with Crippen LogP contribution in [0.15, 0.2) is 197 Å². The van der Waals surface area contributed by atoms with E-state index in [9.17, 15) is 0 Å². The molecule has 0 aliphatic heterocycles. The first-order valence-corrected chi connectivity index (χ1v) is 20.7. The van der Waals surface area contributed by atoms with E-state index in [4.69, 9.17) is 0 Å². The molecule has 0 heterocycles. The predicted molar refractivity (Wildman–Crippen MR) is 241 cm³/mol. The fourth-order valence-corrected chi connectivity index (χ4v) is 9.07. The van der Waals surface area contributed by atoms with Gasteiger partial charge >= 0.3 is 0 Å². The van der Waals surface area contributed by atoms with Crippen molar-refractivity contribution in [2.45, 2.75) is 39.0 Å². The summed E-state index contributed by atoms with van der Waals surface area (Å²) >= 11 is 7.70. The van der Waals surface area contributed by atoms with Crippen molar-refractivity contribution in [3.8, 4) is 33.4 Å². The Bertz CT molecular complexity index is 2380. The van der Waals surface area contributed by atoms with E-state index in [2.05, 4.69) is 216 Å². The Morgan fingerprint density at radius 3 is 1.36 bits per heavy atom. The average molecular weight is 841 g/mol. The van der Waals surface area contributed by atoms with Gasteiger partial charge in [-0.15, -0.1) is 0 Å². The molecule has 2 heteroatoms. The number of rotatable bonds is 2. The minimum atomic E-state index is -0.434. The first-order valence-electron chi connectivity index (χ1n) is 19.2. The van der Waals surface area contributed by atoms with E-state index >= 15 is 0 Å². The van der Waals surface area contributed by atoms with Gasteiger partial charge in [0.2, 0.25) is 0 Å². The summed E-state index contributed by atoms with van der Waals surface area (Å²) in [6.07, 6.45) is 8.88. The van der Waals surface area contributed by atoms with E-state index in [1.165, 1.54) is 84.3 Å². The van der Waals surface area contributed by atoms with Crippen LogP contribution in [0, 0.1) is 12.8 Å². The highest BCUT2D eigenvalue weighted by atomic mass is 79.9. The van der Waals surface area contributed by atoms with Crippen molar-refractivity contribution in [3.63, 3.8) is 0 Å². The first kappa shape index (κ1) is 36.9. The molecule has 270 valence electrons. The smallest absolute Gasteiger partial charge is 0.0720 e. The molecular formula is C53H44Br2. The van der Waals surface area contributed by atoms with Crippen molar-refractivity contribution in [1.29, 1.82) is 0 Å². The van der Waals surface area contributed by atoms with Gasteiger partial charge in [0.1, 0.15) is 0 Å². The monoisotopic (exact) mass is 838 g/mol. The molecule has 55 heavy (non-hydrogen) atoms. The van der Waals surface area contributed by atoms with E-state index in [0.717, 1.165) is 21.3 Å². The zero-order valence-corrected chi connectivity index (χ0v) is 34.7. The molecule has 7 aromatic carbocycles. The largest absolute Gasteiger partial charge is 0.0811 e. The maximum Gasteiger partial charge on any atom is 0.0720 e. The lowest BCUT2D eigenvalue weighted by Gasteiger charge is -2.40. The standard InChI is InChI=1S/C38H24Br2.C8H12.C7H8/c39-30-15-11-28-19-29-12-16-31(40)23-35(29)38(34(28)22-30)36-20-26(24-7-3-1-4-8-24)13-17-32(36)33-18-14-27(21-37(33)38)25-9-5-2-6-10-25;1-7-3-5-8(2)6-4-7;1-7-5-3-2-4-6-7/h1-18,20-23H,19H2;3-5,8H,6H2,1-2H3;2-6H,1H3. The minimum absolute atomic E-state index is 0.434. The molecule has 1 spiro atoms. The maximum atomic E-state index is 3.85. The minimum Gasteiger partial charge on any atom is -0.0811 e. The van der Waals surface area contributed by atoms with Gasteiger partial charge in [0.05, 0.1) is 5.41 Å². The van der Waals surface area contributed by atoms with Crippen LogP contribution in [0.1, 0.15) is 59.2 Å². The van der Waals surface area contributed by atoms with Crippen LogP contribution in [-0.4, -0.2) is 0 Å². The van der Waals surface area contributed by atoms with Gasteiger partial charge < -0.3 is 0 Å². The summed E-state index contributed by atoms with van der Waals surface area (Å²) in [4.78, 5) is 0. The lowest BCUT2D eigenvalue weighted by atomic mass is 9.61. The Balaban J connectivity index is 0.000000238. The van der Waals surface area contributed by atoms with Crippen molar-refractivity contribution < 1.29 is 0 Å². The van der Waals surface area contributed by atoms with Gasteiger partial charge in [0.15, 0.2) is 0 Å². The highest BCUT2D eigenvalue weighted by molar-refractivity contribution is 9.10. The van der Waals surface area contributed by atoms with E-state index in [1.807, 2.05) is 18.2 Å². The summed E-state index contributed by atoms with van der Waals surface area (Å²) in [5.74, 6) is 0.763. The molecule has 3 aliphatic carbocycles. The summed E-state index contributed by atoms with van der Waals surface area (Å²) in [6.45, 7) is 6.46. The van der Waals surface area contributed by atoms with Gasteiger partial charge in [0.25, 0.3) is 0 Å². The van der Waals surface area contributed by atoms with E-state index < -0.39 is 5.41 Å². The molecule has 1 unspecified atom stereocenters. The number of halogens is 2. The van der Waals surface area contributed by atoms with Crippen LogP contribution < -0.4 is 0 Å². The molecule has 0 saturated carbocycles. The second-order valence-electron chi connectivity index (χ2n) is 15.0. The number of hydrogen-bond acceptors (Lipinski definition) is 0. The van der Waals surface area contributed by atoms with Crippen molar-refractivity contribution in [3.05, 3.63) is 235 Å². The number of hydrogen-bond donors (Lipinski definition) is 0. The molecule has 0 saturated heterocycles. The second-order valence-corrected chi connectivity index (χ2v) is 16.8. The molecule has 0 fully saturated rings. The van der Waals surface area contributed by atoms with Crippen molar-refractivity contribution in [2.75, 3.05) is 0 Å². The van der Waals surface area contributed by atoms with Gasteiger partial charge in [-0.05, 0) is 136 Å². The molecule has 0 nitrogen and oxygen atoms in total. The summed E-state index contributed by atoms with van der Waals surface area (Å²) in [5.41, 5.74) is 18.1. The summed E-state index contributed by atoms with van der Waals surface area (Å²) in [5, 5.41) is 0. The average Bonchev–Trinajstić information content (AvgIpc) is 3.50. The normalized spacial score (nSPS) is 15.2. The van der Waals surface area contributed by atoms with Crippen LogP contribution in [0.25, 0.3) is 33.4 Å². The van der Waals surface area contributed by atoms with Gasteiger partial charge in [0, 0.05) is 8.95 Å². The van der Waals surface area contributed by atoms with Crippen molar-refractivity contribution >= 4 is 31.9 Å². The van der Waals surface area contributed by atoms with Crippen molar-refractivity contribution in [1.82, 2.24) is 0 Å². The molecule has 0 amide bonds. The molecule has 0 bridgehead atoms. The Kier molecular flexibility index (Phi) is 10.7. The summed E-state index contributed by atoms with van der Waals surface area (Å²) in [7, 11) is 0. The molecule has 0 radical (unpaired) electrons. The fraction of sp³-hybridized carbons (Fsp3) is 0.132. The zero-order chi connectivity index (χ0) is 37.9. The Morgan fingerprint density at radius 2 is 0.964 bits per heavy atom. The Labute approximate surface area is 343 Å². The molecule has 3 aliphatic rings. The van der Waals surface area contributed by atoms with Crippen LogP contribution >= 0.6 is 31.9 Å². The lowest BCUT2D eigenvalue weighted by Crippen LogP contribution is -2.34. The molecule has 0 aromatic heterocycles. The number of aryl methyl sites for hydroxylation is 1.